The van der Waals surface area contributed by atoms with Gasteiger partial charge in [0, 0.05) is 13.0 Å². The molecule has 0 saturated carbocycles. The summed E-state index contributed by atoms with van der Waals surface area (Å²) in [7, 11) is -3.22. The van der Waals surface area contributed by atoms with Gasteiger partial charge in [0.2, 0.25) is 0 Å². The van der Waals surface area contributed by atoms with E-state index in [-0.39, 0.29) is 35.9 Å². The predicted molar refractivity (Wildman–Crippen MR) is 99.6 cm³/mol. The van der Waals surface area contributed by atoms with E-state index in [2.05, 4.69) is 0 Å². The lowest BCUT2D eigenvalue weighted by Crippen LogP contribution is -2.29. The van der Waals surface area contributed by atoms with Crippen LogP contribution in [0.1, 0.15) is 18.4 Å². The highest BCUT2D eigenvalue weighted by Crippen LogP contribution is 2.34. The van der Waals surface area contributed by atoms with Crippen LogP contribution in [0.3, 0.4) is 0 Å². The van der Waals surface area contributed by atoms with Gasteiger partial charge in [0.1, 0.15) is 15.0 Å². The number of aliphatic carboxylic acids is 1. The summed E-state index contributed by atoms with van der Waals surface area (Å²) in [6.07, 6.45) is 1.64. The predicted octanol–water partition coefficient (Wildman–Crippen LogP) is 2.01. The van der Waals surface area contributed by atoms with Gasteiger partial charge in [0.15, 0.2) is 0 Å². The Morgan fingerprint density at radius 2 is 2.12 bits per heavy atom. The van der Waals surface area contributed by atoms with E-state index in [4.69, 9.17) is 22.1 Å². The molecule has 0 radical (unpaired) electrons. The highest BCUT2D eigenvalue weighted by molar-refractivity contribution is 8.26. The number of thiocarbonyl (C=S) groups is 1. The van der Waals surface area contributed by atoms with Crippen molar-refractivity contribution in [3.05, 3.63) is 28.7 Å². The first-order valence-electron chi connectivity index (χ1n) is 7.26. The lowest BCUT2D eigenvalue weighted by molar-refractivity contribution is -0.137. The van der Waals surface area contributed by atoms with E-state index in [1.54, 1.807) is 0 Å². The molecule has 0 spiro atoms. The van der Waals surface area contributed by atoms with Gasteiger partial charge in [-0.1, -0.05) is 30.0 Å². The van der Waals surface area contributed by atoms with E-state index in [9.17, 15) is 22.6 Å². The number of hydrogen-bond acceptors (Lipinski definition) is 7. The average molecular weight is 417 g/mol. The van der Waals surface area contributed by atoms with Gasteiger partial charge in [-0.15, -0.1) is 0 Å². The summed E-state index contributed by atoms with van der Waals surface area (Å²) in [5, 5.41) is 8.67. The quantitative estimate of drug-likeness (QED) is 0.390. The SMILES string of the molecule is COc1ccc(/C=C2\SC(=S)N(CCCC(=O)O)C2=O)cc1S(=O)(=O)O. The van der Waals surface area contributed by atoms with Crippen LogP contribution in [-0.2, 0) is 19.7 Å². The molecule has 2 N–H and O–H groups in total. The van der Waals surface area contributed by atoms with E-state index in [0.717, 1.165) is 11.8 Å². The zero-order valence-electron chi connectivity index (χ0n) is 13.5. The van der Waals surface area contributed by atoms with Gasteiger partial charge in [-0.2, -0.15) is 8.42 Å². The maximum absolute atomic E-state index is 12.4. The van der Waals surface area contributed by atoms with E-state index in [1.165, 1.54) is 36.3 Å². The van der Waals surface area contributed by atoms with Crippen LogP contribution in [-0.4, -0.2) is 52.8 Å². The van der Waals surface area contributed by atoms with E-state index >= 15 is 0 Å². The molecule has 1 amide bonds. The number of carbonyl (C=O) groups is 2. The van der Waals surface area contributed by atoms with E-state index in [0.29, 0.717) is 9.88 Å². The van der Waals surface area contributed by atoms with Gasteiger partial charge >= 0.3 is 5.97 Å². The average Bonchev–Trinajstić information content (AvgIpc) is 2.81. The summed E-state index contributed by atoms with van der Waals surface area (Å²) >= 11 is 6.18. The maximum Gasteiger partial charge on any atom is 0.303 e. The topological polar surface area (TPSA) is 121 Å². The first-order chi connectivity index (χ1) is 12.1. The fourth-order valence-electron chi connectivity index (χ4n) is 2.22. The van der Waals surface area contributed by atoms with Crippen molar-refractivity contribution in [3.8, 4) is 5.75 Å². The molecule has 0 unspecified atom stereocenters. The molecule has 8 nitrogen and oxygen atoms in total. The Labute approximate surface area is 159 Å². The molecule has 1 aromatic carbocycles. The monoisotopic (exact) mass is 417 g/mol. The lowest BCUT2D eigenvalue weighted by Gasteiger charge is -2.13. The first-order valence-corrected chi connectivity index (χ1v) is 9.92. The number of rotatable bonds is 7. The summed E-state index contributed by atoms with van der Waals surface area (Å²) in [6, 6.07) is 4.08. The molecule has 2 rings (SSSR count). The molecule has 140 valence electrons. The second kappa shape index (κ2) is 8.16. The Hall–Kier alpha value is -1.95. The number of carboxylic acids is 1. The molecular weight excluding hydrogens is 402 g/mol. The smallest absolute Gasteiger partial charge is 0.303 e. The number of methoxy groups -OCH3 is 1. The summed E-state index contributed by atoms with van der Waals surface area (Å²) in [4.78, 5) is 24.2. The van der Waals surface area contributed by atoms with Crippen LogP contribution < -0.4 is 4.74 Å². The first kappa shape index (κ1) is 20.4. The molecule has 1 aromatic rings. The number of nitrogens with zero attached hydrogens (tertiary/aromatic N) is 1. The Morgan fingerprint density at radius 1 is 1.42 bits per heavy atom. The number of carbonyl (C=O) groups excluding carboxylic acids is 1. The van der Waals surface area contributed by atoms with Gasteiger partial charge < -0.3 is 9.84 Å². The van der Waals surface area contributed by atoms with Crippen LogP contribution in [0.2, 0.25) is 0 Å². The van der Waals surface area contributed by atoms with Crippen molar-refractivity contribution in [3.63, 3.8) is 0 Å². The van der Waals surface area contributed by atoms with Crippen molar-refractivity contribution < 1.29 is 32.4 Å². The zero-order valence-corrected chi connectivity index (χ0v) is 16.0. The van der Waals surface area contributed by atoms with Crippen molar-refractivity contribution in [2.45, 2.75) is 17.7 Å². The van der Waals surface area contributed by atoms with Crippen LogP contribution in [0.5, 0.6) is 5.75 Å². The number of ether oxygens (including phenoxy) is 1. The van der Waals surface area contributed by atoms with E-state index < -0.39 is 21.0 Å². The summed E-state index contributed by atoms with van der Waals surface area (Å²) in [5.41, 5.74) is 0.365. The van der Waals surface area contributed by atoms with Crippen molar-refractivity contribution in [1.29, 1.82) is 0 Å². The highest BCUT2D eigenvalue weighted by Gasteiger charge is 2.31. The Morgan fingerprint density at radius 3 is 2.69 bits per heavy atom. The Kier molecular flexibility index (Phi) is 6.39. The van der Waals surface area contributed by atoms with E-state index in [1.807, 2.05) is 0 Å². The summed E-state index contributed by atoms with van der Waals surface area (Å²) in [6.45, 7) is 0.188. The molecule has 11 heteroatoms. The number of thioether (sulfide) groups is 1. The molecule has 26 heavy (non-hydrogen) atoms. The minimum absolute atomic E-state index is 0.0223. The van der Waals surface area contributed by atoms with Gasteiger partial charge in [-0.3, -0.25) is 19.0 Å². The summed E-state index contributed by atoms with van der Waals surface area (Å²) in [5.74, 6) is -1.36. The van der Waals surface area contributed by atoms with Gasteiger partial charge in [-0.05, 0) is 30.2 Å². The Balaban J connectivity index is 2.26. The third-order valence-corrected chi connectivity index (χ3v) is 5.66. The van der Waals surface area contributed by atoms with Crippen molar-refractivity contribution >= 4 is 56.4 Å². The molecule has 0 atom stereocenters. The van der Waals surface area contributed by atoms with Crippen LogP contribution >= 0.6 is 24.0 Å². The standard InChI is InChI=1S/C15H15NO7S3/c1-23-10-5-4-9(8-12(10)26(20,21)22)7-11-14(19)16(15(24)25-11)6-2-3-13(17)18/h4-5,7-8H,2-3,6H2,1H3,(H,17,18)(H,20,21,22)/b11-7-. The number of hydrogen-bond donors (Lipinski definition) is 2. The molecule has 0 aliphatic carbocycles. The number of carboxylic acid groups (broad SMARTS) is 1. The molecule has 1 fully saturated rings. The maximum atomic E-state index is 12.4. The Bertz CT molecular complexity index is 893. The van der Waals surface area contributed by atoms with Gasteiger partial charge in [0.05, 0.1) is 12.0 Å². The van der Waals surface area contributed by atoms with Crippen LogP contribution in [0, 0.1) is 0 Å². The second-order valence-corrected chi connectivity index (χ2v) is 8.28. The molecule has 1 heterocycles. The lowest BCUT2D eigenvalue weighted by atomic mass is 10.2. The normalized spacial score (nSPS) is 16.4. The fourth-order valence-corrected chi connectivity index (χ4v) is 4.22. The number of benzene rings is 1. The third kappa shape index (κ3) is 4.81. The minimum atomic E-state index is -4.49. The fraction of sp³-hybridized carbons (Fsp3) is 0.267. The van der Waals surface area contributed by atoms with Crippen LogP contribution in [0.4, 0.5) is 0 Å². The van der Waals surface area contributed by atoms with Crippen molar-refractivity contribution in [2.75, 3.05) is 13.7 Å². The largest absolute Gasteiger partial charge is 0.495 e. The number of amides is 1. The van der Waals surface area contributed by atoms with Crippen LogP contribution in [0.25, 0.3) is 6.08 Å². The van der Waals surface area contributed by atoms with Crippen molar-refractivity contribution in [1.82, 2.24) is 4.90 Å². The van der Waals surface area contributed by atoms with Crippen molar-refractivity contribution in [2.24, 2.45) is 0 Å². The molecule has 0 aromatic heterocycles. The third-order valence-electron chi connectivity index (χ3n) is 3.41. The van der Waals surface area contributed by atoms with Gasteiger partial charge in [-0.25, -0.2) is 0 Å². The van der Waals surface area contributed by atoms with Crippen LogP contribution in [0.15, 0.2) is 28.0 Å². The molecule has 1 aliphatic heterocycles. The summed E-state index contributed by atoms with van der Waals surface area (Å²) < 4.78 is 37.4. The second-order valence-electron chi connectivity index (χ2n) is 5.22. The minimum Gasteiger partial charge on any atom is -0.495 e. The molecule has 1 saturated heterocycles. The molecular formula is C15H15NO7S3. The molecule has 1 aliphatic rings. The highest BCUT2D eigenvalue weighted by atomic mass is 32.2. The molecule has 0 bridgehead atoms. The zero-order chi connectivity index (χ0) is 19.5. The van der Waals surface area contributed by atoms with Gasteiger partial charge in [0.25, 0.3) is 16.0 Å².